The van der Waals surface area contributed by atoms with E-state index in [1.54, 1.807) is 0 Å². The highest BCUT2D eigenvalue weighted by molar-refractivity contribution is 5.48. The first kappa shape index (κ1) is 10.4. The molecule has 0 aromatic heterocycles. The molecule has 0 spiro atoms. The summed E-state index contributed by atoms with van der Waals surface area (Å²) in [6, 6.07) is 3.75. The predicted octanol–water partition coefficient (Wildman–Crippen LogP) is 1.72. The molecule has 0 bridgehead atoms. The van der Waals surface area contributed by atoms with Gasteiger partial charge in [0, 0.05) is 32.2 Å². The van der Waals surface area contributed by atoms with E-state index in [9.17, 15) is 8.78 Å². The number of anilines is 1. The fraction of sp³-hybridized carbons (Fsp3) is 0.455. The highest BCUT2D eigenvalue weighted by atomic mass is 19.1. The van der Waals surface area contributed by atoms with Gasteiger partial charge < -0.3 is 9.80 Å². The second-order valence-electron chi connectivity index (χ2n) is 3.89. The lowest BCUT2D eigenvalue weighted by molar-refractivity contribution is 0.311. The van der Waals surface area contributed by atoms with Crippen LogP contribution in [0.3, 0.4) is 0 Å². The first-order chi connectivity index (χ1) is 7.16. The normalized spacial score (nSPS) is 18.2. The van der Waals surface area contributed by atoms with Gasteiger partial charge in [0.2, 0.25) is 0 Å². The van der Waals surface area contributed by atoms with Crippen LogP contribution < -0.4 is 4.90 Å². The molecule has 1 heterocycles. The molecule has 2 rings (SSSR count). The van der Waals surface area contributed by atoms with Crippen LogP contribution in [0.25, 0.3) is 0 Å². The minimum absolute atomic E-state index is 0.473. The van der Waals surface area contributed by atoms with Gasteiger partial charge >= 0.3 is 0 Å². The van der Waals surface area contributed by atoms with E-state index in [4.69, 9.17) is 0 Å². The Kier molecular flexibility index (Phi) is 2.86. The SMILES string of the molecule is CN1CCN(c2ccc(F)cc2F)CC1. The van der Waals surface area contributed by atoms with Crippen molar-refractivity contribution in [2.24, 2.45) is 0 Å². The first-order valence-corrected chi connectivity index (χ1v) is 5.05. The number of halogens is 2. The maximum absolute atomic E-state index is 13.4. The van der Waals surface area contributed by atoms with E-state index < -0.39 is 11.6 Å². The van der Waals surface area contributed by atoms with Gasteiger partial charge in [0.25, 0.3) is 0 Å². The Morgan fingerprint density at radius 3 is 2.33 bits per heavy atom. The Hall–Kier alpha value is -1.16. The summed E-state index contributed by atoms with van der Waals surface area (Å²) in [7, 11) is 2.04. The van der Waals surface area contributed by atoms with Crippen molar-refractivity contribution >= 4 is 5.69 Å². The molecule has 0 aliphatic carbocycles. The molecule has 0 atom stereocenters. The predicted molar refractivity (Wildman–Crippen MR) is 56.1 cm³/mol. The number of hydrogen-bond donors (Lipinski definition) is 0. The summed E-state index contributed by atoms with van der Waals surface area (Å²) in [5, 5.41) is 0. The fourth-order valence-corrected chi connectivity index (χ4v) is 1.79. The summed E-state index contributed by atoms with van der Waals surface area (Å²) in [6.07, 6.45) is 0. The second-order valence-corrected chi connectivity index (χ2v) is 3.89. The fourth-order valence-electron chi connectivity index (χ4n) is 1.79. The Morgan fingerprint density at radius 2 is 1.73 bits per heavy atom. The maximum atomic E-state index is 13.4. The zero-order valence-electron chi connectivity index (χ0n) is 8.71. The molecule has 1 aromatic carbocycles. The third-order valence-corrected chi connectivity index (χ3v) is 2.75. The lowest BCUT2D eigenvalue weighted by Gasteiger charge is -2.34. The molecule has 82 valence electrons. The first-order valence-electron chi connectivity index (χ1n) is 5.05. The van der Waals surface area contributed by atoms with Crippen LogP contribution in [0.1, 0.15) is 0 Å². The minimum atomic E-state index is -0.523. The maximum Gasteiger partial charge on any atom is 0.149 e. The Labute approximate surface area is 88.1 Å². The van der Waals surface area contributed by atoms with E-state index >= 15 is 0 Å². The quantitative estimate of drug-likeness (QED) is 0.699. The Morgan fingerprint density at radius 1 is 1.07 bits per heavy atom. The molecule has 0 saturated carbocycles. The van der Waals surface area contributed by atoms with Gasteiger partial charge in [-0.2, -0.15) is 0 Å². The van der Waals surface area contributed by atoms with E-state index in [-0.39, 0.29) is 0 Å². The highest BCUT2D eigenvalue weighted by Gasteiger charge is 2.17. The minimum Gasteiger partial charge on any atom is -0.367 e. The van der Waals surface area contributed by atoms with Crippen LogP contribution in [0, 0.1) is 11.6 Å². The van der Waals surface area contributed by atoms with Crippen LogP contribution in [0.2, 0.25) is 0 Å². The van der Waals surface area contributed by atoms with E-state index in [1.165, 1.54) is 12.1 Å². The van der Waals surface area contributed by atoms with Gasteiger partial charge in [-0.25, -0.2) is 8.78 Å². The Bertz CT molecular complexity index is 346. The average Bonchev–Trinajstić information content (AvgIpc) is 2.20. The van der Waals surface area contributed by atoms with Crippen molar-refractivity contribution in [3.8, 4) is 0 Å². The van der Waals surface area contributed by atoms with Gasteiger partial charge in [-0.1, -0.05) is 0 Å². The number of piperazine rings is 1. The second kappa shape index (κ2) is 4.14. The van der Waals surface area contributed by atoms with Gasteiger partial charge in [-0.05, 0) is 19.2 Å². The summed E-state index contributed by atoms with van der Waals surface area (Å²) in [6.45, 7) is 3.41. The molecular weight excluding hydrogens is 198 g/mol. The number of nitrogens with zero attached hydrogens (tertiary/aromatic N) is 2. The molecule has 1 fully saturated rings. The molecule has 0 amide bonds. The van der Waals surface area contributed by atoms with Gasteiger partial charge in [0.1, 0.15) is 11.6 Å². The van der Waals surface area contributed by atoms with E-state index in [2.05, 4.69) is 4.90 Å². The van der Waals surface area contributed by atoms with Crippen LogP contribution >= 0.6 is 0 Å². The third-order valence-electron chi connectivity index (χ3n) is 2.75. The molecule has 15 heavy (non-hydrogen) atoms. The summed E-state index contributed by atoms with van der Waals surface area (Å²) in [5.41, 5.74) is 0.504. The Balaban J connectivity index is 2.15. The van der Waals surface area contributed by atoms with Crippen LogP contribution in [-0.2, 0) is 0 Å². The van der Waals surface area contributed by atoms with Crippen molar-refractivity contribution in [2.45, 2.75) is 0 Å². The molecular formula is C11H14F2N2. The van der Waals surface area contributed by atoms with Crippen LogP contribution in [-0.4, -0.2) is 38.1 Å². The van der Waals surface area contributed by atoms with Crippen molar-refractivity contribution in [2.75, 3.05) is 38.1 Å². The molecule has 0 radical (unpaired) electrons. The van der Waals surface area contributed by atoms with Crippen molar-refractivity contribution in [1.29, 1.82) is 0 Å². The number of hydrogen-bond acceptors (Lipinski definition) is 2. The van der Waals surface area contributed by atoms with Crippen molar-refractivity contribution in [1.82, 2.24) is 4.90 Å². The van der Waals surface area contributed by atoms with Crippen molar-refractivity contribution in [3.05, 3.63) is 29.8 Å². The largest absolute Gasteiger partial charge is 0.367 e. The summed E-state index contributed by atoms with van der Waals surface area (Å²) in [4.78, 5) is 4.15. The van der Waals surface area contributed by atoms with Crippen LogP contribution in [0.15, 0.2) is 18.2 Å². The molecule has 0 unspecified atom stereocenters. The summed E-state index contributed by atoms with van der Waals surface area (Å²) < 4.78 is 26.1. The molecule has 2 nitrogen and oxygen atoms in total. The van der Waals surface area contributed by atoms with Gasteiger partial charge in [-0.15, -0.1) is 0 Å². The van der Waals surface area contributed by atoms with Gasteiger partial charge in [0.15, 0.2) is 0 Å². The molecule has 1 saturated heterocycles. The number of likely N-dealkylation sites (N-methyl/N-ethyl adjacent to an activating group) is 1. The number of rotatable bonds is 1. The van der Waals surface area contributed by atoms with E-state index in [1.807, 2.05) is 11.9 Å². The highest BCUT2D eigenvalue weighted by Crippen LogP contribution is 2.21. The summed E-state index contributed by atoms with van der Waals surface area (Å²) in [5.74, 6) is -0.995. The van der Waals surface area contributed by atoms with Gasteiger partial charge in [0.05, 0.1) is 5.69 Å². The number of benzene rings is 1. The zero-order chi connectivity index (χ0) is 10.8. The zero-order valence-corrected chi connectivity index (χ0v) is 8.71. The topological polar surface area (TPSA) is 6.48 Å². The molecule has 1 aliphatic heterocycles. The van der Waals surface area contributed by atoms with Crippen LogP contribution in [0.5, 0.6) is 0 Å². The molecule has 4 heteroatoms. The van der Waals surface area contributed by atoms with E-state index in [0.29, 0.717) is 5.69 Å². The standard InChI is InChI=1S/C11H14F2N2/c1-14-4-6-15(7-5-14)11-3-2-9(12)8-10(11)13/h2-3,8H,4-7H2,1H3. The van der Waals surface area contributed by atoms with Crippen LogP contribution in [0.4, 0.5) is 14.5 Å². The van der Waals surface area contributed by atoms with Gasteiger partial charge in [-0.3, -0.25) is 0 Å². The monoisotopic (exact) mass is 212 g/mol. The van der Waals surface area contributed by atoms with Crippen molar-refractivity contribution in [3.63, 3.8) is 0 Å². The third kappa shape index (κ3) is 2.26. The molecule has 1 aliphatic rings. The molecule has 0 N–H and O–H groups in total. The lowest BCUT2D eigenvalue weighted by atomic mass is 10.2. The van der Waals surface area contributed by atoms with E-state index in [0.717, 1.165) is 32.2 Å². The average molecular weight is 212 g/mol. The summed E-state index contributed by atoms with van der Waals surface area (Å²) >= 11 is 0. The smallest absolute Gasteiger partial charge is 0.149 e. The molecule has 1 aromatic rings. The lowest BCUT2D eigenvalue weighted by Crippen LogP contribution is -2.44. The van der Waals surface area contributed by atoms with Crippen molar-refractivity contribution < 1.29 is 8.78 Å².